The fourth-order valence-electron chi connectivity index (χ4n) is 0.739. The van der Waals surface area contributed by atoms with Crippen molar-refractivity contribution in [2.45, 2.75) is 39.0 Å². The normalized spacial score (nSPS) is 13.1. The Morgan fingerprint density at radius 2 is 2.00 bits per heavy atom. The molecule has 0 saturated heterocycles. The predicted molar refractivity (Wildman–Crippen MR) is 51.4 cm³/mol. The number of halogens is 1. The van der Waals surface area contributed by atoms with Gasteiger partial charge in [-0.15, -0.1) is 0 Å². The first kappa shape index (κ1) is 13.7. The summed E-state index contributed by atoms with van der Waals surface area (Å²) in [5, 5.41) is 10.5. The molecule has 0 aromatic rings. The van der Waals surface area contributed by atoms with E-state index in [4.69, 9.17) is 9.84 Å². The molecule has 88 valence electrons. The highest BCUT2D eigenvalue weighted by molar-refractivity contribution is 5.72. The molecule has 0 heterocycles. The summed E-state index contributed by atoms with van der Waals surface area (Å²) in [6, 6.07) is 0. The fourth-order valence-corrected chi connectivity index (χ4v) is 0.739. The van der Waals surface area contributed by atoms with E-state index in [-0.39, 0.29) is 13.0 Å². The molecule has 1 atom stereocenters. The molecule has 1 amide bonds. The quantitative estimate of drug-likeness (QED) is 0.750. The summed E-state index contributed by atoms with van der Waals surface area (Å²) in [6.07, 6.45) is -2.91. The lowest BCUT2D eigenvalue weighted by Gasteiger charge is -2.19. The number of carboxylic acid groups (broad SMARTS) is 1. The van der Waals surface area contributed by atoms with Crippen molar-refractivity contribution in [3.8, 4) is 0 Å². The lowest BCUT2D eigenvalue weighted by molar-refractivity contribution is -0.142. The van der Waals surface area contributed by atoms with Gasteiger partial charge >= 0.3 is 12.1 Å². The van der Waals surface area contributed by atoms with Crippen LogP contribution in [0.3, 0.4) is 0 Å². The Hall–Kier alpha value is -1.33. The van der Waals surface area contributed by atoms with Crippen LogP contribution in [-0.2, 0) is 9.53 Å². The summed E-state index contributed by atoms with van der Waals surface area (Å²) in [6.45, 7) is 5.02. The first-order valence-electron chi connectivity index (χ1n) is 4.56. The van der Waals surface area contributed by atoms with Gasteiger partial charge in [-0.2, -0.15) is 0 Å². The highest BCUT2D eigenvalue weighted by Crippen LogP contribution is 2.06. The Labute approximate surface area is 87.6 Å². The second-order valence-electron chi connectivity index (χ2n) is 4.02. The van der Waals surface area contributed by atoms with Gasteiger partial charge in [-0.25, -0.2) is 14.0 Å². The molecule has 15 heavy (non-hydrogen) atoms. The lowest BCUT2D eigenvalue weighted by atomic mass is 10.2. The van der Waals surface area contributed by atoms with E-state index in [9.17, 15) is 14.0 Å². The molecule has 1 unspecified atom stereocenters. The van der Waals surface area contributed by atoms with Crippen molar-refractivity contribution >= 4 is 12.1 Å². The monoisotopic (exact) mass is 221 g/mol. The van der Waals surface area contributed by atoms with E-state index in [0.29, 0.717) is 0 Å². The van der Waals surface area contributed by atoms with E-state index in [1.54, 1.807) is 20.8 Å². The Bertz CT molecular complexity index is 237. The Balaban J connectivity index is 3.69. The second kappa shape index (κ2) is 5.53. The first-order chi connectivity index (χ1) is 6.72. The van der Waals surface area contributed by atoms with Crippen molar-refractivity contribution in [1.82, 2.24) is 5.32 Å². The number of ether oxygens (including phenoxy) is 1. The number of carbonyl (C=O) groups is 2. The SMILES string of the molecule is CC(C)(C)OC(=O)NCCC(F)C(=O)O. The minimum absolute atomic E-state index is 0.0671. The maximum Gasteiger partial charge on any atom is 0.407 e. The van der Waals surface area contributed by atoms with Gasteiger partial charge in [-0.05, 0) is 20.8 Å². The highest BCUT2D eigenvalue weighted by atomic mass is 19.1. The zero-order chi connectivity index (χ0) is 12.1. The molecule has 0 fully saturated rings. The molecule has 0 radical (unpaired) electrons. The molecule has 0 aromatic carbocycles. The third-order valence-electron chi connectivity index (χ3n) is 1.33. The number of hydrogen-bond acceptors (Lipinski definition) is 3. The maximum absolute atomic E-state index is 12.5. The minimum atomic E-state index is -1.96. The van der Waals surface area contributed by atoms with Gasteiger partial charge in [-0.1, -0.05) is 0 Å². The summed E-state index contributed by atoms with van der Waals surface area (Å²) >= 11 is 0. The summed E-state index contributed by atoms with van der Waals surface area (Å²) in [4.78, 5) is 21.1. The molecular weight excluding hydrogens is 205 g/mol. The Morgan fingerprint density at radius 1 is 1.47 bits per heavy atom. The molecule has 6 heteroatoms. The van der Waals surface area contributed by atoms with Crippen LogP contribution in [0.5, 0.6) is 0 Å². The number of alkyl halides is 1. The van der Waals surface area contributed by atoms with Gasteiger partial charge in [0, 0.05) is 13.0 Å². The summed E-state index contributed by atoms with van der Waals surface area (Å²) < 4.78 is 17.4. The summed E-state index contributed by atoms with van der Waals surface area (Å²) in [7, 11) is 0. The number of nitrogens with one attached hydrogen (secondary N) is 1. The van der Waals surface area contributed by atoms with Crippen LogP contribution in [-0.4, -0.2) is 35.5 Å². The number of amides is 1. The van der Waals surface area contributed by atoms with Crippen LogP contribution in [0.15, 0.2) is 0 Å². The maximum atomic E-state index is 12.5. The topological polar surface area (TPSA) is 75.6 Å². The molecule has 0 aromatic heterocycles. The van der Waals surface area contributed by atoms with E-state index >= 15 is 0 Å². The number of rotatable bonds is 4. The molecular formula is C9H16FNO4. The number of carboxylic acids is 1. The summed E-state index contributed by atoms with van der Waals surface area (Å²) in [5.74, 6) is -1.53. The molecule has 5 nitrogen and oxygen atoms in total. The Morgan fingerprint density at radius 3 is 2.40 bits per heavy atom. The van der Waals surface area contributed by atoms with Gasteiger partial charge in [0.2, 0.25) is 0 Å². The standard InChI is InChI=1S/C9H16FNO4/c1-9(2,3)15-8(14)11-5-4-6(10)7(12)13/h6H,4-5H2,1-3H3,(H,11,14)(H,12,13). The molecule has 0 rings (SSSR count). The van der Waals surface area contributed by atoms with Crippen LogP contribution in [0.4, 0.5) is 9.18 Å². The second-order valence-corrected chi connectivity index (χ2v) is 4.02. The Kier molecular flexibility index (Phi) is 5.04. The average Bonchev–Trinajstić information content (AvgIpc) is 2.00. The van der Waals surface area contributed by atoms with Crippen molar-refractivity contribution in [2.75, 3.05) is 6.54 Å². The van der Waals surface area contributed by atoms with Crippen LogP contribution in [0.25, 0.3) is 0 Å². The van der Waals surface area contributed by atoms with Crippen LogP contribution < -0.4 is 5.32 Å². The van der Waals surface area contributed by atoms with E-state index in [1.165, 1.54) is 0 Å². The van der Waals surface area contributed by atoms with Crippen LogP contribution in [0.1, 0.15) is 27.2 Å². The average molecular weight is 221 g/mol. The van der Waals surface area contributed by atoms with Gasteiger partial charge < -0.3 is 15.2 Å². The molecule has 0 aliphatic heterocycles. The van der Waals surface area contributed by atoms with Crippen LogP contribution in [0, 0.1) is 0 Å². The van der Waals surface area contributed by atoms with Crippen molar-refractivity contribution in [2.24, 2.45) is 0 Å². The number of alkyl carbamates (subject to hydrolysis) is 1. The van der Waals surface area contributed by atoms with Gasteiger partial charge in [0.15, 0.2) is 6.17 Å². The van der Waals surface area contributed by atoms with E-state index < -0.39 is 23.8 Å². The van der Waals surface area contributed by atoms with Gasteiger partial charge in [0.1, 0.15) is 5.60 Å². The van der Waals surface area contributed by atoms with Crippen LogP contribution in [0.2, 0.25) is 0 Å². The zero-order valence-corrected chi connectivity index (χ0v) is 9.04. The van der Waals surface area contributed by atoms with Crippen LogP contribution >= 0.6 is 0 Å². The fraction of sp³-hybridized carbons (Fsp3) is 0.778. The highest BCUT2D eigenvalue weighted by Gasteiger charge is 2.18. The van der Waals surface area contributed by atoms with Crippen molar-refractivity contribution < 1.29 is 23.8 Å². The zero-order valence-electron chi connectivity index (χ0n) is 9.04. The van der Waals surface area contributed by atoms with Gasteiger partial charge in [-0.3, -0.25) is 0 Å². The number of hydrogen-bond donors (Lipinski definition) is 2. The molecule has 0 spiro atoms. The molecule has 0 aliphatic rings. The molecule has 2 N–H and O–H groups in total. The van der Waals surface area contributed by atoms with E-state index in [1.807, 2.05) is 0 Å². The number of carbonyl (C=O) groups excluding carboxylic acids is 1. The minimum Gasteiger partial charge on any atom is -0.479 e. The van der Waals surface area contributed by atoms with Crippen molar-refractivity contribution in [1.29, 1.82) is 0 Å². The largest absolute Gasteiger partial charge is 0.479 e. The summed E-state index contributed by atoms with van der Waals surface area (Å²) in [5.41, 5.74) is -0.619. The third-order valence-corrected chi connectivity index (χ3v) is 1.33. The van der Waals surface area contributed by atoms with Gasteiger partial charge in [0.05, 0.1) is 0 Å². The third kappa shape index (κ3) is 7.72. The van der Waals surface area contributed by atoms with E-state index in [0.717, 1.165) is 0 Å². The van der Waals surface area contributed by atoms with E-state index in [2.05, 4.69) is 5.32 Å². The first-order valence-corrected chi connectivity index (χ1v) is 4.56. The van der Waals surface area contributed by atoms with Crippen molar-refractivity contribution in [3.63, 3.8) is 0 Å². The van der Waals surface area contributed by atoms with Crippen molar-refractivity contribution in [3.05, 3.63) is 0 Å². The number of aliphatic carboxylic acids is 1. The predicted octanol–water partition coefficient (Wildman–Crippen LogP) is 1.32. The molecule has 0 aliphatic carbocycles. The lowest BCUT2D eigenvalue weighted by Crippen LogP contribution is -2.34. The molecule has 0 bridgehead atoms. The van der Waals surface area contributed by atoms with Gasteiger partial charge in [0.25, 0.3) is 0 Å². The molecule has 0 saturated carbocycles. The smallest absolute Gasteiger partial charge is 0.407 e.